The molecule has 0 spiro atoms. The van der Waals surface area contributed by atoms with Gasteiger partial charge in [-0.2, -0.15) is 0 Å². The van der Waals surface area contributed by atoms with Gasteiger partial charge in [-0.25, -0.2) is 4.98 Å². The molecule has 0 fully saturated rings. The van der Waals surface area contributed by atoms with E-state index in [9.17, 15) is 4.79 Å². The van der Waals surface area contributed by atoms with Crippen LogP contribution >= 0.6 is 11.3 Å². The van der Waals surface area contributed by atoms with Gasteiger partial charge in [0.1, 0.15) is 11.6 Å². The number of para-hydroxylation sites is 1. The third-order valence-electron chi connectivity index (χ3n) is 4.82. The number of methoxy groups -OCH3 is 1. The monoisotopic (exact) mass is 406 g/mol. The number of nitrogens with two attached hydrogens (primary N) is 1. The highest BCUT2D eigenvalue weighted by molar-refractivity contribution is 7.09. The van der Waals surface area contributed by atoms with Crippen LogP contribution in [0.25, 0.3) is 22.4 Å². The predicted octanol–water partition coefficient (Wildman–Crippen LogP) is 3.87. The molecule has 2 heterocycles. The molecule has 0 unspecified atom stereocenters. The van der Waals surface area contributed by atoms with Crippen molar-refractivity contribution in [1.29, 1.82) is 0 Å². The number of hydrogen-bond donors (Lipinski definition) is 2. The smallest absolute Gasteiger partial charge is 0.253 e. The molecule has 6 nitrogen and oxygen atoms in total. The van der Waals surface area contributed by atoms with Gasteiger partial charge >= 0.3 is 0 Å². The van der Waals surface area contributed by atoms with Gasteiger partial charge in [-0.05, 0) is 42.1 Å². The Bertz CT molecular complexity index is 1170. The molecule has 2 aromatic heterocycles. The largest absolute Gasteiger partial charge is 0.496 e. The zero-order chi connectivity index (χ0) is 20.4. The van der Waals surface area contributed by atoms with Crippen molar-refractivity contribution in [3.63, 3.8) is 0 Å². The van der Waals surface area contributed by atoms with Crippen molar-refractivity contribution in [2.45, 2.75) is 6.42 Å². The number of imidazole rings is 1. The standard InChI is InChI=1S/C22H22N4O2S/c1-26-20-17(22(27)24-10-9-15-6-5-11-29-15)12-14(23)13-18(20)25-21(26)16-7-3-4-8-19(16)28-2/h3-8,11-13H,9-10,23H2,1-2H3,(H,24,27). The minimum absolute atomic E-state index is 0.159. The van der Waals surface area contributed by atoms with E-state index in [1.54, 1.807) is 30.6 Å². The van der Waals surface area contributed by atoms with Crippen molar-refractivity contribution in [3.05, 3.63) is 64.4 Å². The molecule has 29 heavy (non-hydrogen) atoms. The summed E-state index contributed by atoms with van der Waals surface area (Å²) in [6.07, 6.45) is 0.798. The number of rotatable bonds is 6. The zero-order valence-electron chi connectivity index (χ0n) is 16.3. The van der Waals surface area contributed by atoms with E-state index in [0.717, 1.165) is 29.1 Å². The van der Waals surface area contributed by atoms with Crippen LogP contribution in [0.1, 0.15) is 15.2 Å². The van der Waals surface area contributed by atoms with Crippen LogP contribution in [0.3, 0.4) is 0 Å². The maximum absolute atomic E-state index is 12.9. The number of aromatic nitrogens is 2. The number of amides is 1. The second-order valence-electron chi connectivity index (χ2n) is 6.72. The summed E-state index contributed by atoms with van der Waals surface area (Å²) in [5.74, 6) is 1.28. The third kappa shape index (κ3) is 3.69. The number of ether oxygens (including phenoxy) is 1. The normalized spacial score (nSPS) is 11.0. The number of fused-ring (bicyclic) bond motifs is 1. The number of nitrogen functional groups attached to an aromatic ring is 1. The lowest BCUT2D eigenvalue weighted by molar-refractivity contribution is 0.0955. The van der Waals surface area contributed by atoms with Gasteiger partial charge in [0.25, 0.3) is 5.91 Å². The molecule has 0 saturated carbocycles. The molecule has 0 aliphatic rings. The van der Waals surface area contributed by atoms with Crippen molar-refractivity contribution >= 4 is 34.0 Å². The van der Waals surface area contributed by atoms with Crippen molar-refractivity contribution in [3.8, 4) is 17.1 Å². The van der Waals surface area contributed by atoms with Crippen LogP contribution in [0.5, 0.6) is 5.75 Å². The van der Waals surface area contributed by atoms with Gasteiger partial charge in [-0.1, -0.05) is 18.2 Å². The Hall–Kier alpha value is -3.32. The first-order valence-corrected chi connectivity index (χ1v) is 10.2. The van der Waals surface area contributed by atoms with E-state index in [4.69, 9.17) is 15.5 Å². The Labute approximate surface area is 172 Å². The number of anilines is 1. The first-order chi connectivity index (χ1) is 14.1. The van der Waals surface area contributed by atoms with E-state index in [1.165, 1.54) is 4.88 Å². The fourth-order valence-electron chi connectivity index (χ4n) is 3.47. The highest BCUT2D eigenvalue weighted by Crippen LogP contribution is 2.33. The minimum atomic E-state index is -0.159. The summed E-state index contributed by atoms with van der Waals surface area (Å²) in [7, 11) is 3.53. The van der Waals surface area contributed by atoms with E-state index >= 15 is 0 Å². The molecular weight excluding hydrogens is 384 g/mol. The van der Waals surface area contributed by atoms with Crippen LogP contribution in [0, 0.1) is 0 Å². The van der Waals surface area contributed by atoms with Crippen LogP contribution in [-0.2, 0) is 13.5 Å². The molecule has 0 saturated heterocycles. The Morgan fingerprint density at radius 3 is 2.83 bits per heavy atom. The maximum Gasteiger partial charge on any atom is 0.253 e. The van der Waals surface area contributed by atoms with E-state index in [-0.39, 0.29) is 5.91 Å². The van der Waals surface area contributed by atoms with Crippen LogP contribution in [-0.4, -0.2) is 29.1 Å². The summed E-state index contributed by atoms with van der Waals surface area (Å²) in [5, 5.41) is 5.04. The van der Waals surface area contributed by atoms with Crippen molar-refractivity contribution in [1.82, 2.24) is 14.9 Å². The third-order valence-corrected chi connectivity index (χ3v) is 5.76. The molecule has 3 N–H and O–H groups in total. The minimum Gasteiger partial charge on any atom is -0.496 e. The first-order valence-electron chi connectivity index (χ1n) is 9.28. The van der Waals surface area contributed by atoms with Crippen molar-refractivity contribution in [2.24, 2.45) is 7.05 Å². The number of benzene rings is 2. The summed E-state index contributed by atoms with van der Waals surface area (Å²) in [6.45, 7) is 0.562. The summed E-state index contributed by atoms with van der Waals surface area (Å²) in [6, 6.07) is 15.3. The highest BCUT2D eigenvalue weighted by atomic mass is 32.1. The molecule has 0 radical (unpaired) electrons. The average Bonchev–Trinajstić information content (AvgIpc) is 3.35. The van der Waals surface area contributed by atoms with Crippen LogP contribution < -0.4 is 15.8 Å². The molecule has 2 aromatic carbocycles. The molecular formula is C22H22N4O2S. The molecule has 7 heteroatoms. The average molecular weight is 407 g/mol. The van der Waals surface area contributed by atoms with E-state index in [1.807, 2.05) is 47.3 Å². The number of hydrogen-bond acceptors (Lipinski definition) is 5. The second kappa shape index (κ2) is 7.97. The van der Waals surface area contributed by atoms with Gasteiger partial charge in [-0.15, -0.1) is 11.3 Å². The number of aryl methyl sites for hydroxylation is 1. The van der Waals surface area contributed by atoms with E-state index in [0.29, 0.717) is 23.3 Å². The Balaban J connectivity index is 1.71. The van der Waals surface area contributed by atoms with Gasteiger partial charge in [-0.3, -0.25) is 4.79 Å². The molecule has 4 rings (SSSR count). The van der Waals surface area contributed by atoms with Gasteiger partial charge in [0.15, 0.2) is 0 Å². The number of carbonyl (C=O) groups is 1. The first kappa shape index (κ1) is 19.0. The summed E-state index contributed by atoms with van der Waals surface area (Å²) < 4.78 is 7.40. The van der Waals surface area contributed by atoms with E-state index in [2.05, 4.69) is 11.4 Å². The van der Waals surface area contributed by atoms with Crippen molar-refractivity contribution < 1.29 is 9.53 Å². The van der Waals surface area contributed by atoms with Gasteiger partial charge < -0.3 is 20.4 Å². The molecule has 148 valence electrons. The lowest BCUT2D eigenvalue weighted by atomic mass is 10.1. The molecule has 0 aliphatic heterocycles. The molecule has 0 aliphatic carbocycles. The molecule has 1 amide bonds. The fourth-order valence-corrected chi connectivity index (χ4v) is 4.18. The SMILES string of the molecule is COc1ccccc1-c1nc2cc(N)cc(C(=O)NCCc3cccs3)c2n1C. The van der Waals surface area contributed by atoms with Crippen LogP contribution in [0.15, 0.2) is 53.9 Å². The number of carbonyl (C=O) groups excluding carboxylic acids is 1. The maximum atomic E-state index is 12.9. The lowest BCUT2D eigenvalue weighted by Gasteiger charge is -2.10. The summed E-state index contributed by atoms with van der Waals surface area (Å²) in [4.78, 5) is 18.9. The predicted molar refractivity (Wildman–Crippen MR) is 117 cm³/mol. The number of nitrogens with one attached hydrogen (secondary N) is 1. The molecule has 0 bridgehead atoms. The topological polar surface area (TPSA) is 82.2 Å². The highest BCUT2D eigenvalue weighted by Gasteiger charge is 2.20. The van der Waals surface area contributed by atoms with Gasteiger partial charge in [0.2, 0.25) is 0 Å². The molecule has 0 atom stereocenters. The Kier molecular flexibility index (Phi) is 5.22. The second-order valence-corrected chi connectivity index (χ2v) is 7.75. The van der Waals surface area contributed by atoms with E-state index < -0.39 is 0 Å². The van der Waals surface area contributed by atoms with Crippen molar-refractivity contribution in [2.75, 3.05) is 19.4 Å². The summed E-state index contributed by atoms with van der Waals surface area (Å²) >= 11 is 1.68. The van der Waals surface area contributed by atoms with Crippen LogP contribution in [0.2, 0.25) is 0 Å². The zero-order valence-corrected chi connectivity index (χ0v) is 17.1. The summed E-state index contributed by atoms with van der Waals surface area (Å²) in [5.41, 5.74) is 9.37. The number of nitrogens with zero attached hydrogens (tertiary/aromatic N) is 2. The Morgan fingerprint density at radius 2 is 2.07 bits per heavy atom. The van der Waals surface area contributed by atoms with Gasteiger partial charge in [0, 0.05) is 24.2 Å². The fraction of sp³-hybridized carbons (Fsp3) is 0.182. The number of thiophene rings is 1. The lowest BCUT2D eigenvalue weighted by Crippen LogP contribution is -2.26. The quantitative estimate of drug-likeness (QED) is 0.476. The van der Waals surface area contributed by atoms with Crippen LogP contribution in [0.4, 0.5) is 5.69 Å². The van der Waals surface area contributed by atoms with Gasteiger partial charge in [0.05, 0.1) is 29.3 Å². The Morgan fingerprint density at radius 1 is 1.24 bits per heavy atom. The molecule has 4 aromatic rings.